The van der Waals surface area contributed by atoms with E-state index in [1.807, 2.05) is 59.5 Å². The summed E-state index contributed by atoms with van der Waals surface area (Å²) < 4.78 is 2.21. The highest BCUT2D eigenvalue weighted by atomic mass is 16.2. The van der Waals surface area contributed by atoms with Crippen molar-refractivity contribution in [3.05, 3.63) is 114 Å². The summed E-state index contributed by atoms with van der Waals surface area (Å²) in [7, 11) is 0. The van der Waals surface area contributed by atoms with Crippen molar-refractivity contribution in [3.63, 3.8) is 0 Å². The van der Waals surface area contributed by atoms with Crippen LogP contribution in [0.5, 0.6) is 0 Å². The van der Waals surface area contributed by atoms with E-state index in [-0.39, 0.29) is 17.4 Å². The molecule has 4 rings (SSSR count). The number of nitrogens with two attached hydrogens (primary N) is 1. The average molecular weight is 481 g/mol. The predicted molar refractivity (Wildman–Crippen MR) is 147 cm³/mol. The fraction of sp³-hybridized carbons (Fsp3) is 0.290. The second-order valence-corrected chi connectivity index (χ2v) is 10.2. The maximum atomic E-state index is 13.9. The highest BCUT2D eigenvalue weighted by molar-refractivity contribution is 5.94. The van der Waals surface area contributed by atoms with Crippen LogP contribution in [0.2, 0.25) is 0 Å². The minimum absolute atomic E-state index is 0.000466. The molecule has 186 valence electrons. The Morgan fingerprint density at radius 2 is 1.50 bits per heavy atom. The third-order valence-corrected chi connectivity index (χ3v) is 6.33. The van der Waals surface area contributed by atoms with Gasteiger partial charge >= 0.3 is 0 Å². The highest BCUT2D eigenvalue weighted by Crippen LogP contribution is 2.39. The first kappa shape index (κ1) is 25.4. The SMILES string of the molecule is CC(C)(C)[C@H](c1nc(-c2ccccc2)cn1Cc1ccccc1)N(CCCN)C(=O)c1ccccc1. The number of nitrogens with zero attached hydrogens (tertiary/aromatic N) is 3. The summed E-state index contributed by atoms with van der Waals surface area (Å²) in [6.07, 6.45) is 2.83. The molecule has 0 unspecified atom stereocenters. The van der Waals surface area contributed by atoms with Crippen LogP contribution in [0, 0.1) is 5.41 Å². The number of hydrogen-bond donors (Lipinski definition) is 1. The van der Waals surface area contributed by atoms with Crippen LogP contribution in [-0.4, -0.2) is 33.4 Å². The van der Waals surface area contributed by atoms with E-state index in [1.165, 1.54) is 5.56 Å². The number of hydrogen-bond acceptors (Lipinski definition) is 3. The third kappa shape index (κ3) is 5.92. The Balaban J connectivity index is 1.86. The number of benzene rings is 3. The monoisotopic (exact) mass is 480 g/mol. The lowest BCUT2D eigenvalue weighted by atomic mass is 9.84. The molecule has 1 atom stereocenters. The molecule has 1 aromatic heterocycles. The molecule has 0 fully saturated rings. The van der Waals surface area contributed by atoms with E-state index in [2.05, 4.69) is 67.9 Å². The fourth-order valence-electron chi connectivity index (χ4n) is 4.65. The first-order valence-corrected chi connectivity index (χ1v) is 12.6. The molecular weight excluding hydrogens is 444 g/mol. The summed E-state index contributed by atoms with van der Waals surface area (Å²) in [6.45, 7) is 8.28. The van der Waals surface area contributed by atoms with Crippen LogP contribution in [-0.2, 0) is 6.54 Å². The number of amides is 1. The van der Waals surface area contributed by atoms with E-state index in [0.717, 1.165) is 23.5 Å². The van der Waals surface area contributed by atoms with Crippen LogP contribution in [0.1, 0.15) is 55.0 Å². The molecule has 2 N–H and O–H groups in total. The van der Waals surface area contributed by atoms with Gasteiger partial charge < -0.3 is 15.2 Å². The molecule has 4 aromatic rings. The molecule has 0 saturated heterocycles. The molecule has 36 heavy (non-hydrogen) atoms. The lowest BCUT2D eigenvalue weighted by Gasteiger charge is -2.40. The van der Waals surface area contributed by atoms with E-state index in [9.17, 15) is 4.79 Å². The van der Waals surface area contributed by atoms with Gasteiger partial charge in [-0.05, 0) is 36.1 Å². The molecule has 0 radical (unpaired) electrons. The average Bonchev–Trinajstić information content (AvgIpc) is 3.29. The van der Waals surface area contributed by atoms with Crippen molar-refractivity contribution in [1.82, 2.24) is 14.5 Å². The van der Waals surface area contributed by atoms with Gasteiger partial charge in [-0.25, -0.2) is 4.98 Å². The number of carbonyl (C=O) groups excluding carboxylic acids is 1. The van der Waals surface area contributed by atoms with Gasteiger partial charge in [-0.15, -0.1) is 0 Å². The summed E-state index contributed by atoms with van der Waals surface area (Å²) in [6, 6.07) is 29.8. The summed E-state index contributed by atoms with van der Waals surface area (Å²) in [5.41, 5.74) is 9.47. The van der Waals surface area contributed by atoms with Crippen LogP contribution in [0.15, 0.2) is 97.2 Å². The van der Waals surface area contributed by atoms with Crippen LogP contribution in [0.3, 0.4) is 0 Å². The molecule has 3 aromatic carbocycles. The number of carbonyl (C=O) groups is 1. The molecule has 5 nitrogen and oxygen atoms in total. The van der Waals surface area contributed by atoms with Gasteiger partial charge in [0.05, 0.1) is 11.7 Å². The van der Waals surface area contributed by atoms with Crippen LogP contribution >= 0.6 is 0 Å². The van der Waals surface area contributed by atoms with Crippen molar-refractivity contribution < 1.29 is 4.79 Å². The molecule has 0 aliphatic carbocycles. The number of aromatic nitrogens is 2. The summed E-state index contributed by atoms with van der Waals surface area (Å²) in [4.78, 5) is 21.1. The van der Waals surface area contributed by atoms with Crippen molar-refractivity contribution in [2.75, 3.05) is 13.1 Å². The summed E-state index contributed by atoms with van der Waals surface area (Å²) in [5.74, 6) is 0.881. The van der Waals surface area contributed by atoms with E-state index < -0.39 is 0 Å². The van der Waals surface area contributed by atoms with Crippen molar-refractivity contribution in [1.29, 1.82) is 0 Å². The first-order valence-electron chi connectivity index (χ1n) is 12.6. The lowest BCUT2D eigenvalue weighted by Crippen LogP contribution is -2.43. The van der Waals surface area contributed by atoms with Crippen LogP contribution in [0.4, 0.5) is 0 Å². The summed E-state index contributed by atoms with van der Waals surface area (Å²) in [5, 5.41) is 0. The zero-order valence-electron chi connectivity index (χ0n) is 21.5. The van der Waals surface area contributed by atoms with E-state index >= 15 is 0 Å². The molecule has 0 aliphatic rings. The second-order valence-electron chi connectivity index (χ2n) is 10.2. The van der Waals surface area contributed by atoms with Crippen molar-refractivity contribution in [2.24, 2.45) is 11.1 Å². The Labute approximate surface area is 214 Å². The topological polar surface area (TPSA) is 64.2 Å². The van der Waals surface area contributed by atoms with Gasteiger partial charge in [-0.1, -0.05) is 99.6 Å². The highest BCUT2D eigenvalue weighted by Gasteiger charge is 2.38. The Kier molecular flexibility index (Phi) is 8.01. The van der Waals surface area contributed by atoms with Gasteiger partial charge in [0.25, 0.3) is 5.91 Å². The van der Waals surface area contributed by atoms with Gasteiger partial charge in [0.15, 0.2) is 0 Å². The van der Waals surface area contributed by atoms with Gasteiger partial charge in [-0.3, -0.25) is 4.79 Å². The van der Waals surface area contributed by atoms with Gasteiger partial charge in [-0.2, -0.15) is 0 Å². The standard InChI is InChI=1S/C31H36N4O/c1-31(2,3)28(35(21-13-20-32)30(36)26-18-11-6-12-19-26)29-33-27(25-16-9-5-10-17-25)23-34(29)22-24-14-7-4-8-15-24/h4-12,14-19,23,28H,13,20-22,32H2,1-3H3/t28-/m0/s1. The summed E-state index contributed by atoms with van der Waals surface area (Å²) >= 11 is 0. The third-order valence-electron chi connectivity index (χ3n) is 6.33. The van der Waals surface area contributed by atoms with E-state index in [1.54, 1.807) is 0 Å². The van der Waals surface area contributed by atoms with Crippen molar-refractivity contribution in [3.8, 4) is 11.3 Å². The van der Waals surface area contributed by atoms with E-state index in [4.69, 9.17) is 10.7 Å². The maximum Gasteiger partial charge on any atom is 0.254 e. The fourth-order valence-corrected chi connectivity index (χ4v) is 4.65. The Bertz CT molecular complexity index is 1240. The van der Waals surface area contributed by atoms with E-state index in [0.29, 0.717) is 25.2 Å². The Morgan fingerprint density at radius 3 is 2.08 bits per heavy atom. The van der Waals surface area contributed by atoms with Gasteiger partial charge in [0.1, 0.15) is 5.82 Å². The number of imidazole rings is 1. The van der Waals surface area contributed by atoms with Crippen LogP contribution < -0.4 is 5.73 Å². The quantitative estimate of drug-likeness (QED) is 0.311. The van der Waals surface area contributed by atoms with Crippen LogP contribution in [0.25, 0.3) is 11.3 Å². The molecule has 1 heterocycles. The first-order chi connectivity index (χ1) is 17.4. The minimum Gasteiger partial charge on any atom is -0.330 e. The molecule has 0 spiro atoms. The second kappa shape index (κ2) is 11.4. The molecular formula is C31H36N4O. The normalized spacial score (nSPS) is 12.3. The molecule has 1 amide bonds. The largest absolute Gasteiger partial charge is 0.330 e. The Hall–Kier alpha value is -3.70. The zero-order valence-corrected chi connectivity index (χ0v) is 21.5. The smallest absolute Gasteiger partial charge is 0.254 e. The molecule has 0 saturated carbocycles. The number of rotatable bonds is 9. The minimum atomic E-state index is -0.271. The molecule has 0 aliphatic heterocycles. The molecule has 0 bridgehead atoms. The maximum absolute atomic E-state index is 13.9. The van der Waals surface area contributed by atoms with Gasteiger partial charge in [0, 0.05) is 30.4 Å². The Morgan fingerprint density at radius 1 is 0.917 bits per heavy atom. The lowest BCUT2D eigenvalue weighted by molar-refractivity contribution is 0.0482. The molecule has 5 heteroatoms. The predicted octanol–water partition coefficient (Wildman–Crippen LogP) is 6.18. The van der Waals surface area contributed by atoms with Crippen molar-refractivity contribution >= 4 is 5.91 Å². The van der Waals surface area contributed by atoms with Crippen molar-refractivity contribution in [2.45, 2.75) is 39.8 Å². The zero-order chi connectivity index (χ0) is 25.5. The van der Waals surface area contributed by atoms with Gasteiger partial charge in [0.2, 0.25) is 0 Å².